The van der Waals surface area contributed by atoms with Crippen molar-refractivity contribution in [2.45, 2.75) is 5.16 Å². The van der Waals surface area contributed by atoms with Crippen molar-refractivity contribution in [1.29, 1.82) is 0 Å². The number of thioether (sulfide) groups is 1. The van der Waals surface area contributed by atoms with E-state index in [1.807, 2.05) is 29.2 Å². The summed E-state index contributed by atoms with van der Waals surface area (Å²) < 4.78 is 3.56. The molecule has 0 aliphatic rings. The van der Waals surface area contributed by atoms with Gasteiger partial charge >= 0.3 is 0 Å². The number of halogens is 2. The van der Waals surface area contributed by atoms with Crippen LogP contribution in [0.4, 0.5) is 5.69 Å². The molecular weight excluding hydrogens is 357 g/mol. The van der Waals surface area contributed by atoms with Gasteiger partial charge in [-0.3, -0.25) is 9.47 Å². The Kier molecular flexibility index (Phi) is 4.90. The summed E-state index contributed by atoms with van der Waals surface area (Å²) >= 11 is 13.1. The quantitative estimate of drug-likeness (QED) is 0.701. The lowest BCUT2D eigenvalue weighted by molar-refractivity contribution is -0.113. The molecule has 2 aromatic heterocycles. The van der Waals surface area contributed by atoms with Crippen LogP contribution in [0.5, 0.6) is 0 Å². The van der Waals surface area contributed by atoms with Gasteiger partial charge in [-0.05, 0) is 30.3 Å². The van der Waals surface area contributed by atoms with Gasteiger partial charge in [-0.1, -0.05) is 35.0 Å². The smallest absolute Gasteiger partial charge is 0.234 e. The topological polar surface area (TPSA) is 64.7 Å². The molecule has 118 valence electrons. The number of hydrogen-bond donors (Lipinski definition) is 1. The van der Waals surface area contributed by atoms with Gasteiger partial charge < -0.3 is 5.32 Å². The molecule has 0 saturated carbocycles. The third-order valence-corrected chi connectivity index (χ3v) is 4.19. The average Bonchev–Trinajstić information content (AvgIpc) is 3.15. The van der Waals surface area contributed by atoms with Crippen molar-refractivity contribution in [2.75, 3.05) is 11.1 Å². The van der Waals surface area contributed by atoms with E-state index in [-0.39, 0.29) is 11.7 Å². The summed E-state index contributed by atoms with van der Waals surface area (Å²) in [6, 6.07) is 8.66. The molecule has 0 unspecified atom stereocenters. The Labute approximate surface area is 146 Å². The van der Waals surface area contributed by atoms with E-state index >= 15 is 0 Å². The van der Waals surface area contributed by atoms with Crippen molar-refractivity contribution in [1.82, 2.24) is 19.5 Å². The molecule has 0 saturated heterocycles. The van der Waals surface area contributed by atoms with E-state index in [9.17, 15) is 4.79 Å². The Hall–Kier alpha value is -1.96. The molecule has 0 atom stereocenters. The number of hydrogen-bond acceptors (Lipinski definition) is 4. The van der Waals surface area contributed by atoms with Crippen LogP contribution in [0.25, 0.3) is 0 Å². The maximum absolute atomic E-state index is 12.0. The monoisotopic (exact) mass is 367 g/mol. The van der Waals surface area contributed by atoms with Gasteiger partial charge in [0.15, 0.2) is 0 Å². The van der Waals surface area contributed by atoms with Gasteiger partial charge in [0, 0.05) is 28.1 Å². The van der Waals surface area contributed by atoms with Crippen LogP contribution in [0.1, 0.15) is 0 Å². The zero-order valence-corrected chi connectivity index (χ0v) is 14.0. The molecule has 1 amide bonds. The van der Waals surface area contributed by atoms with Crippen LogP contribution in [0.2, 0.25) is 10.0 Å². The Morgan fingerprint density at radius 2 is 1.87 bits per heavy atom. The maximum atomic E-state index is 12.0. The predicted octanol–water partition coefficient (Wildman–Crippen LogP) is 3.43. The van der Waals surface area contributed by atoms with Crippen molar-refractivity contribution >= 4 is 46.6 Å². The van der Waals surface area contributed by atoms with Gasteiger partial charge in [-0.25, -0.2) is 4.68 Å². The highest BCUT2D eigenvalue weighted by atomic mass is 35.5. The highest BCUT2D eigenvalue weighted by Gasteiger charge is 2.10. The number of anilines is 1. The largest absolute Gasteiger partial charge is 0.325 e. The fourth-order valence-corrected chi connectivity index (χ4v) is 3.13. The minimum atomic E-state index is -0.185. The highest BCUT2D eigenvalue weighted by Crippen LogP contribution is 2.23. The number of nitrogens with one attached hydrogen (secondary N) is 1. The average molecular weight is 368 g/mol. The molecule has 1 N–H and O–H groups in total. The van der Waals surface area contributed by atoms with Crippen molar-refractivity contribution in [3.05, 3.63) is 59.1 Å². The summed E-state index contributed by atoms with van der Waals surface area (Å²) in [6.07, 6.45) is 5.31. The molecule has 1 aromatic carbocycles. The first-order chi connectivity index (χ1) is 11.1. The van der Waals surface area contributed by atoms with Crippen LogP contribution in [-0.2, 0) is 4.79 Å². The number of rotatable bonds is 5. The van der Waals surface area contributed by atoms with Crippen molar-refractivity contribution in [3.63, 3.8) is 0 Å². The lowest BCUT2D eigenvalue weighted by Crippen LogP contribution is -2.15. The summed E-state index contributed by atoms with van der Waals surface area (Å²) in [5.41, 5.74) is 0.556. The van der Waals surface area contributed by atoms with Gasteiger partial charge in [0.05, 0.1) is 5.75 Å². The third-order valence-electron chi connectivity index (χ3n) is 2.82. The lowest BCUT2D eigenvalue weighted by Gasteiger charge is -2.08. The van der Waals surface area contributed by atoms with Crippen LogP contribution in [-0.4, -0.2) is 31.2 Å². The van der Waals surface area contributed by atoms with Gasteiger partial charge in [0.1, 0.15) is 6.33 Å². The highest BCUT2D eigenvalue weighted by molar-refractivity contribution is 7.99. The SMILES string of the molecule is O=C(CSc1nncn1-n1cccc1)Nc1cc(Cl)cc(Cl)c1. The number of carbonyl (C=O) groups is 1. The minimum absolute atomic E-state index is 0.185. The predicted molar refractivity (Wildman–Crippen MR) is 91.1 cm³/mol. The van der Waals surface area contributed by atoms with E-state index in [1.165, 1.54) is 11.8 Å². The number of amides is 1. The first-order valence-corrected chi connectivity index (χ1v) is 8.28. The van der Waals surface area contributed by atoms with Crippen LogP contribution < -0.4 is 5.32 Å². The molecule has 0 bridgehead atoms. The lowest BCUT2D eigenvalue weighted by atomic mass is 10.3. The van der Waals surface area contributed by atoms with Crippen LogP contribution >= 0.6 is 35.0 Å². The Morgan fingerprint density at radius 3 is 2.57 bits per heavy atom. The second-order valence-electron chi connectivity index (χ2n) is 4.52. The van der Waals surface area contributed by atoms with Crippen LogP contribution in [0, 0.1) is 0 Å². The second kappa shape index (κ2) is 7.08. The standard InChI is InChI=1S/C14H11Cl2N5OS/c15-10-5-11(16)7-12(6-10)18-13(22)8-23-14-19-17-9-21(14)20-3-1-2-4-20/h1-7,9H,8H2,(H,18,22). The van der Waals surface area contributed by atoms with Gasteiger partial charge in [0.25, 0.3) is 0 Å². The number of aromatic nitrogens is 4. The van der Waals surface area contributed by atoms with Crippen LogP contribution in [0.15, 0.2) is 54.2 Å². The number of benzene rings is 1. The maximum Gasteiger partial charge on any atom is 0.234 e. The molecule has 23 heavy (non-hydrogen) atoms. The minimum Gasteiger partial charge on any atom is -0.325 e. The molecule has 0 radical (unpaired) electrons. The molecule has 3 aromatic rings. The van der Waals surface area contributed by atoms with E-state index in [2.05, 4.69) is 15.5 Å². The van der Waals surface area contributed by atoms with Crippen LogP contribution in [0.3, 0.4) is 0 Å². The molecular formula is C14H11Cl2N5OS. The van der Waals surface area contributed by atoms with E-state index in [1.54, 1.807) is 29.2 Å². The zero-order chi connectivity index (χ0) is 16.2. The van der Waals surface area contributed by atoms with E-state index in [0.29, 0.717) is 20.9 Å². The summed E-state index contributed by atoms with van der Waals surface area (Å²) in [6.45, 7) is 0. The molecule has 0 fully saturated rings. The first-order valence-electron chi connectivity index (χ1n) is 6.54. The Bertz CT molecular complexity index is 798. The van der Waals surface area contributed by atoms with Crippen molar-refractivity contribution < 1.29 is 4.79 Å². The molecule has 9 heteroatoms. The molecule has 0 spiro atoms. The Morgan fingerprint density at radius 1 is 1.17 bits per heavy atom. The zero-order valence-electron chi connectivity index (χ0n) is 11.7. The summed E-state index contributed by atoms with van der Waals surface area (Å²) in [7, 11) is 0. The van der Waals surface area contributed by atoms with E-state index in [0.717, 1.165) is 0 Å². The van der Waals surface area contributed by atoms with E-state index < -0.39 is 0 Å². The number of nitrogens with zero attached hydrogens (tertiary/aromatic N) is 4. The molecule has 3 rings (SSSR count). The summed E-state index contributed by atoms with van der Waals surface area (Å²) in [5.74, 6) is -0.000207. The summed E-state index contributed by atoms with van der Waals surface area (Å²) in [5, 5.41) is 12.2. The first kappa shape index (κ1) is 15.9. The fourth-order valence-electron chi connectivity index (χ4n) is 1.89. The second-order valence-corrected chi connectivity index (χ2v) is 6.33. The van der Waals surface area contributed by atoms with Gasteiger partial charge in [-0.15, -0.1) is 10.2 Å². The normalized spacial score (nSPS) is 10.7. The Balaban J connectivity index is 1.63. The van der Waals surface area contributed by atoms with Gasteiger partial charge in [-0.2, -0.15) is 0 Å². The number of carbonyl (C=O) groups excluding carboxylic acids is 1. The fraction of sp³-hybridized carbons (Fsp3) is 0.0714. The molecule has 6 nitrogen and oxygen atoms in total. The molecule has 2 heterocycles. The molecule has 0 aliphatic carbocycles. The summed E-state index contributed by atoms with van der Waals surface area (Å²) in [4.78, 5) is 12.0. The van der Waals surface area contributed by atoms with Gasteiger partial charge in [0.2, 0.25) is 11.1 Å². The van der Waals surface area contributed by atoms with Crippen molar-refractivity contribution in [3.8, 4) is 0 Å². The molecule has 0 aliphatic heterocycles. The van der Waals surface area contributed by atoms with E-state index in [4.69, 9.17) is 23.2 Å². The van der Waals surface area contributed by atoms with Crippen molar-refractivity contribution in [2.24, 2.45) is 0 Å². The third kappa shape index (κ3) is 4.07.